The van der Waals surface area contributed by atoms with Crippen molar-refractivity contribution >= 4 is 28.2 Å². The molecule has 6 heteroatoms. The summed E-state index contributed by atoms with van der Waals surface area (Å²) in [6, 6.07) is 8.00. The quantitative estimate of drug-likeness (QED) is 0.627. The van der Waals surface area contributed by atoms with E-state index in [2.05, 4.69) is 10.3 Å². The fourth-order valence-electron chi connectivity index (χ4n) is 1.95. The van der Waals surface area contributed by atoms with Crippen LogP contribution in [-0.2, 0) is 0 Å². The lowest BCUT2D eigenvalue weighted by atomic mass is 10.2. The molecule has 1 aromatic heterocycles. The molecule has 102 valence electrons. The normalized spacial score (nSPS) is 10.9. The Labute approximate surface area is 113 Å². The number of nitrogens with one attached hydrogen (secondary N) is 2. The third kappa shape index (κ3) is 2.11. The van der Waals surface area contributed by atoms with E-state index in [4.69, 9.17) is 10.2 Å². The van der Waals surface area contributed by atoms with Crippen LogP contribution < -0.4 is 16.8 Å². The van der Waals surface area contributed by atoms with Crippen molar-refractivity contribution in [3.8, 4) is 0 Å². The summed E-state index contributed by atoms with van der Waals surface area (Å²) >= 11 is 0. The number of benzene rings is 2. The SMILES string of the molecule is Cc1ccc(Nc2cc3[nH]c(=O)oc3cc2N)cc1F. The number of hydrogen-bond donors (Lipinski definition) is 3. The van der Waals surface area contributed by atoms with E-state index in [1.54, 1.807) is 31.2 Å². The standard InChI is InChI=1S/C14H12FN3O2/c1-7-2-3-8(4-9(7)15)17-11-6-12-13(5-10(11)16)20-14(19)18-12/h2-6,17H,16H2,1H3,(H,18,19). The second kappa shape index (κ2) is 4.41. The molecule has 0 radical (unpaired) electrons. The topological polar surface area (TPSA) is 84.0 Å². The van der Waals surface area contributed by atoms with Crippen molar-refractivity contribution in [3.63, 3.8) is 0 Å². The molecule has 2 aromatic carbocycles. The average Bonchev–Trinajstić information content (AvgIpc) is 2.73. The lowest BCUT2D eigenvalue weighted by molar-refractivity contribution is 0.555. The maximum Gasteiger partial charge on any atom is 0.417 e. The van der Waals surface area contributed by atoms with Crippen LogP contribution in [0.5, 0.6) is 0 Å². The predicted molar refractivity (Wildman–Crippen MR) is 75.7 cm³/mol. The number of aromatic amines is 1. The van der Waals surface area contributed by atoms with Gasteiger partial charge in [-0.3, -0.25) is 4.98 Å². The van der Waals surface area contributed by atoms with Crippen molar-refractivity contribution in [1.29, 1.82) is 0 Å². The van der Waals surface area contributed by atoms with Gasteiger partial charge in [-0.15, -0.1) is 0 Å². The second-order valence-electron chi connectivity index (χ2n) is 4.54. The van der Waals surface area contributed by atoms with Crippen LogP contribution in [0.25, 0.3) is 11.1 Å². The van der Waals surface area contributed by atoms with Gasteiger partial charge in [-0.2, -0.15) is 0 Å². The van der Waals surface area contributed by atoms with Crippen LogP contribution >= 0.6 is 0 Å². The highest BCUT2D eigenvalue weighted by Crippen LogP contribution is 2.28. The van der Waals surface area contributed by atoms with Crippen LogP contribution in [-0.4, -0.2) is 4.98 Å². The average molecular weight is 273 g/mol. The van der Waals surface area contributed by atoms with E-state index < -0.39 is 5.76 Å². The van der Waals surface area contributed by atoms with Crippen LogP contribution in [0.3, 0.4) is 0 Å². The fourth-order valence-corrected chi connectivity index (χ4v) is 1.95. The number of halogens is 1. The molecule has 3 rings (SSSR count). The number of H-pyrrole nitrogens is 1. The first-order valence-corrected chi connectivity index (χ1v) is 5.98. The summed E-state index contributed by atoms with van der Waals surface area (Å²) in [5, 5.41) is 3.01. The van der Waals surface area contributed by atoms with E-state index in [1.165, 1.54) is 6.07 Å². The second-order valence-corrected chi connectivity index (χ2v) is 4.54. The highest BCUT2D eigenvalue weighted by molar-refractivity contribution is 5.87. The molecule has 0 amide bonds. The molecule has 0 fully saturated rings. The zero-order valence-corrected chi connectivity index (χ0v) is 10.7. The Morgan fingerprint density at radius 3 is 2.85 bits per heavy atom. The minimum atomic E-state index is -0.544. The molecule has 3 aromatic rings. The molecule has 0 unspecified atom stereocenters. The molecule has 5 nitrogen and oxygen atoms in total. The van der Waals surface area contributed by atoms with Gasteiger partial charge in [-0.25, -0.2) is 9.18 Å². The summed E-state index contributed by atoms with van der Waals surface area (Å²) in [4.78, 5) is 13.7. The van der Waals surface area contributed by atoms with E-state index >= 15 is 0 Å². The third-order valence-corrected chi connectivity index (χ3v) is 3.04. The molecule has 0 saturated carbocycles. The van der Waals surface area contributed by atoms with Gasteiger partial charge in [0, 0.05) is 11.8 Å². The van der Waals surface area contributed by atoms with Crippen molar-refractivity contribution in [2.45, 2.75) is 6.92 Å². The largest absolute Gasteiger partial charge is 0.417 e. The monoisotopic (exact) mass is 273 g/mol. The number of hydrogen-bond acceptors (Lipinski definition) is 4. The summed E-state index contributed by atoms with van der Waals surface area (Å²) in [6.07, 6.45) is 0. The van der Waals surface area contributed by atoms with Crippen LogP contribution in [0.1, 0.15) is 5.56 Å². The number of nitrogens with two attached hydrogens (primary N) is 1. The Morgan fingerprint density at radius 1 is 1.30 bits per heavy atom. The molecule has 0 aliphatic carbocycles. The highest BCUT2D eigenvalue weighted by atomic mass is 19.1. The van der Waals surface area contributed by atoms with Gasteiger partial charge >= 0.3 is 5.76 Å². The van der Waals surface area contributed by atoms with E-state index in [9.17, 15) is 9.18 Å². The molecule has 20 heavy (non-hydrogen) atoms. The van der Waals surface area contributed by atoms with Gasteiger partial charge in [0.25, 0.3) is 0 Å². The Hall–Kier alpha value is -2.76. The molecule has 0 atom stereocenters. The summed E-state index contributed by atoms with van der Waals surface area (Å²) in [6.45, 7) is 1.69. The highest BCUT2D eigenvalue weighted by Gasteiger charge is 2.08. The smallest absolute Gasteiger partial charge is 0.408 e. The summed E-state index contributed by atoms with van der Waals surface area (Å²) in [5.41, 5.74) is 8.90. The van der Waals surface area contributed by atoms with Crippen LogP contribution in [0.4, 0.5) is 21.5 Å². The van der Waals surface area contributed by atoms with Crippen molar-refractivity contribution in [2.75, 3.05) is 11.1 Å². The van der Waals surface area contributed by atoms with Gasteiger partial charge in [-0.05, 0) is 30.7 Å². The van der Waals surface area contributed by atoms with Gasteiger partial charge in [0.05, 0.1) is 16.9 Å². The van der Waals surface area contributed by atoms with Gasteiger partial charge in [-0.1, -0.05) is 6.07 Å². The first kappa shape index (κ1) is 12.3. The molecule has 0 spiro atoms. The molecule has 0 aliphatic rings. The van der Waals surface area contributed by atoms with Crippen LogP contribution in [0, 0.1) is 12.7 Å². The van der Waals surface area contributed by atoms with Crippen molar-refractivity contribution in [1.82, 2.24) is 4.98 Å². The predicted octanol–water partition coefficient (Wildman–Crippen LogP) is 2.89. The number of anilines is 3. The number of fused-ring (bicyclic) bond motifs is 1. The molecule has 0 aliphatic heterocycles. The summed E-state index contributed by atoms with van der Waals surface area (Å²) in [5.74, 6) is -0.843. The Kier molecular flexibility index (Phi) is 2.71. The summed E-state index contributed by atoms with van der Waals surface area (Å²) in [7, 11) is 0. The molecule has 4 N–H and O–H groups in total. The van der Waals surface area contributed by atoms with Crippen LogP contribution in [0.15, 0.2) is 39.5 Å². The first-order valence-electron chi connectivity index (χ1n) is 5.98. The number of oxazole rings is 1. The Morgan fingerprint density at radius 2 is 2.10 bits per heavy atom. The van der Waals surface area contributed by atoms with E-state index in [1.807, 2.05) is 0 Å². The summed E-state index contributed by atoms with van der Waals surface area (Å²) < 4.78 is 18.4. The van der Waals surface area contributed by atoms with Crippen molar-refractivity contribution in [3.05, 3.63) is 52.3 Å². The van der Waals surface area contributed by atoms with Gasteiger partial charge in [0.2, 0.25) is 0 Å². The lowest BCUT2D eigenvalue weighted by Gasteiger charge is -2.10. The lowest BCUT2D eigenvalue weighted by Crippen LogP contribution is -1.97. The molecular weight excluding hydrogens is 261 g/mol. The van der Waals surface area contributed by atoms with E-state index in [0.29, 0.717) is 33.7 Å². The minimum Gasteiger partial charge on any atom is -0.408 e. The Bertz CT molecular complexity index is 851. The van der Waals surface area contributed by atoms with Gasteiger partial charge < -0.3 is 15.5 Å². The van der Waals surface area contributed by atoms with E-state index in [0.717, 1.165) is 0 Å². The zero-order valence-electron chi connectivity index (χ0n) is 10.7. The van der Waals surface area contributed by atoms with Crippen molar-refractivity contribution in [2.24, 2.45) is 0 Å². The zero-order chi connectivity index (χ0) is 14.3. The molecular formula is C14H12FN3O2. The number of aryl methyl sites for hydroxylation is 1. The molecule has 1 heterocycles. The van der Waals surface area contributed by atoms with Gasteiger partial charge in [0.15, 0.2) is 5.58 Å². The van der Waals surface area contributed by atoms with Crippen LogP contribution in [0.2, 0.25) is 0 Å². The van der Waals surface area contributed by atoms with Crippen molar-refractivity contribution < 1.29 is 8.81 Å². The number of aromatic nitrogens is 1. The van der Waals surface area contributed by atoms with Gasteiger partial charge in [0.1, 0.15) is 5.82 Å². The molecule has 0 bridgehead atoms. The first-order chi connectivity index (χ1) is 9.52. The number of rotatable bonds is 2. The maximum atomic E-state index is 13.5. The molecule has 0 saturated heterocycles. The number of nitrogen functional groups attached to an aromatic ring is 1. The minimum absolute atomic E-state index is 0.300. The van der Waals surface area contributed by atoms with E-state index in [-0.39, 0.29) is 5.82 Å². The third-order valence-electron chi connectivity index (χ3n) is 3.04. The Balaban J connectivity index is 2.02. The maximum absolute atomic E-state index is 13.5. The fraction of sp³-hybridized carbons (Fsp3) is 0.0714.